The summed E-state index contributed by atoms with van der Waals surface area (Å²) >= 11 is 0. The van der Waals surface area contributed by atoms with Crippen molar-refractivity contribution in [3.8, 4) is 5.75 Å². The van der Waals surface area contributed by atoms with Gasteiger partial charge in [-0.15, -0.1) is 0 Å². The topological polar surface area (TPSA) is 251 Å². The van der Waals surface area contributed by atoms with Crippen LogP contribution in [0.25, 0.3) is 0 Å². The molecular weight excluding hydrogens is 841 g/mol. The van der Waals surface area contributed by atoms with Crippen LogP contribution in [0.2, 0.25) is 0 Å². The Balaban J connectivity index is 1.94. The zero-order chi connectivity index (χ0) is 47.8. The van der Waals surface area contributed by atoms with E-state index in [4.69, 9.17) is 34.5 Å². The van der Waals surface area contributed by atoms with E-state index in [1.807, 2.05) is 0 Å². The molecule has 2 amide bonds. The molecule has 17 heteroatoms. The van der Waals surface area contributed by atoms with Crippen LogP contribution in [0.1, 0.15) is 139 Å². The van der Waals surface area contributed by atoms with Gasteiger partial charge in [0.2, 0.25) is 11.8 Å². The number of amides is 2. The number of ketones is 2. The first-order chi connectivity index (χ1) is 31.4. The summed E-state index contributed by atoms with van der Waals surface area (Å²) < 4.78 is 27.3. The van der Waals surface area contributed by atoms with Crippen LogP contribution in [0.4, 0.5) is 0 Å². The molecule has 0 aliphatic heterocycles. The predicted octanol–water partition coefficient (Wildman–Crippen LogP) is 5.76. The summed E-state index contributed by atoms with van der Waals surface area (Å²) in [4.78, 5) is 71.3. The van der Waals surface area contributed by atoms with Gasteiger partial charge in [0.05, 0.1) is 63.8 Å². The average molecular weight is 921 g/mol. The van der Waals surface area contributed by atoms with E-state index in [0.29, 0.717) is 103 Å². The molecule has 0 unspecified atom stereocenters. The zero-order valence-electron chi connectivity index (χ0n) is 39.1. The third-order valence-corrected chi connectivity index (χ3v) is 10.4. The fourth-order valence-electron chi connectivity index (χ4n) is 6.51. The first-order valence-corrected chi connectivity index (χ1v) is 23.7. The summed E-state index contributed by atoms with van der Waals surface area (Å²) in [6.07, 6.45) is 14.1. The Labute approximate surface area is 386 Å². The van der Waals surface area contributed by atoms with Gasteiger partial charge in [-0.05, 0) is 69.2 Å². The Hall–Kier alpha value is -4.42. The molecule has 65 heavy (non-hydrogen) atoms. The molecule has 17 nitrogen and oxygen atoms in total. The second-order valence-electron chi connectivity index (χ2n) is 16.2. The van der Waals surface area contributed by atoms with E-state index in [-0.39, 0.29) is 61.8 Å². The van der Waals surface area contributed by atoms with Gasteiger partial charge in [0.25, 0.3) is 0 Å². The van der Waals surface area contributed by atoms with Crippen LogP contribution in [-0.2, 0) is 42.9 Å². The van der Waals surface area contributed by atoms with Crippen LogP contribution < -0.4 is 26.4 Å². The molecule has 1 aromatic rings. The molecule has 2 atom stereocenters. The summed E-state index contributed by atoms with van der Waals surface area (Å²) in [5, 5.41) is 27.3. The van der Waals surface area contributed by atoms with Crippen molar-refractivity contribution < 1.29 is 62.7 Å². The van der Waals surface area contributed by atoms with Crippen LogP contribution >= 0.6 is 0 Å². The first kappa shape index (κ1) is 58.6. The van der Waals surface area contributed by atoms with Crippen molar-refractivity contribution in [1.29, 1.82) is 0 Å². The van der Waals surface area contributed by atoms with Gasteiger partial charge in [0.1, 0.15) is 24.7 Å². The zero-order valence-corrected chi connectivity index (χ0v) is 39.1. The van der Waals surface area contributed by atoms with E-state index in [2.05, 4.69) is 29.5 Å². The molecule has 1 rings (SSSR count). The highest BCUT2D eigenvalue weighted by Gasteiger charge is 2.21. The maximum Gasteiger partial charge on any atom is 0.335 e. The molecule has 370 valence electrons. The highest BCUT2D eigenvalue weighted by molar-refractivity contribution is 5.87. The van der Waals surface area contributed by atoms with E-state index in [1.54, 1.807) is 12.1 Å². The van der Waals surface area contributed by atoms with Crippen molar-refractivity contribution in [2.24, 2.45) is 11.7 Å². The number of carboxylic acid groups (broad SMARTS) is 2. The number of unbranched alkanes of at least 4 members (excludes halogenated alkanes) is 10. The Morgan fingerprint density at radius 1 is 0.600 bits per heavy atom. The number of hydrogen-bond donors (Lipinski definition) is 6. The van der Waals surface area contributed by atoms with Gasteiger partial charge in [-0.25, -0.2) is 4.79 Å². The molecule has 0 saturated carbocycles. The van der Waals surface area contributed by atoms with Crippen molar-refractivity contribution in [3.63, 3.8) is 0 Å². The Morgan fingerprint density at radius 2 is 1.18 bits per heavy atom. The number of benzene rings is 1. The lowest BCUT2D eigenvalue weighted by atomic mass is 9.94. The maximum atomic E-state index is 12.5. The lowest BCUT2D eigenvalue weighted by Crippen LogP contribution is -2.41. The first-order valence-electron chi connectivity index (χ1n) is 23.7. The average Bonchev–Trinajstić information content (AvgIpc) is 3.28. The van der Waals surface area contributed by atoms with Crippen molar-refractivity contribution in [1.82, 2.24) is 16.0 Å². The van der Waals surface area contributed by atoms with Gasteiger partial charge < -0.3 is 55.6 Å². The van der Waals surface area contributed by atoms with E-state index >= 15 is 0 Å². The second kappa shape index (κ2) is 39.9. The van der Waals surface area contributed by atoms with Gasteiger partial charge in [-0.1, -0.05) is 71.3 Å². The van der Waals surface area contributed by atoms with Crippen LogP contribution in [0.15, 0.2) is 36.5 Å². The number of ether oxygens (including phenoxy) is 5. The molecular formula is C48H80N4O13. The number of carbonyl (C=O) groups excluding carboxylic acids is 4. The lowest BCUT2D eigenvalue weighted by molar-refractivity contribution is -0.144. The molecule has 1 aromatic carbocycles. The van der Waals surface area contributed by atoms with Gasteiger partial charge in [-0.2, -0.15) is 0 Å². The predicted molar refractivity (Wildman–Crippen MR) is 248 cm³/mol. The Bertz CT molecular complexity index is 1480. The number of rotatable bonds is 46. The third-order valence-electron chi connectivity index (χ3n) is 10.4. The molecule has 7 N–H and O–H groups in total. The number of aliphatic carboxylic acids is 1. The molecule has 0 bridgehead atoms. The highest BCUT2D eigenvalue weighted by Crippen LogP contribution is 2.18. The minimum atomic E-state index is -0.980. The summed E-state index contributed by atoms with van der Waals surface area (Å²) in [6, 6.07) is 5.73. The number of carboxylic acids is 2. The minimum Gasteiger partial charge on any atom is -0.494 e. The lowest BCUT2D eigenvalue weighted by Gasteiger charge is -2.14. The monoisotopic (exact) mass is 921 g/mol. The highest BCUT2D eigenvalue weighted by atomic mass is 16.5. The number of nitrogens with one attached hydrogen (secondary N) is 3. The van der Waals surface area contributed by atoms with Gasteiger partial charge in [0.15, 0.2) is 5.78 Å². The number of hydrogen-bond acceptors (Lipinski definition) is 13. The van der Waals surface area contributed by atoms with Crippen molar-refractivity contribution in [3.05, 3.63) is 42.1 Å². The molecule has 0 heterocycles. The third kappa shape index (κ3) is 34.6. The number of Topliss-reactive ketones (excluding diaryl/α,β-unsaturated/α-hetero) is 2. The normalized spacial score (nSPS) is 12.0. The van der Waals surface area contributed by atoms with Gasteiger partial charge in [-0.3, -0.25) is 24.0 Å². The Kier molecular flexibility index (Phi) is 36.0. The van der Waals surface area contributed by atoms with E-state index in [9.17, 15) is 33.9 Å². The maximum absolute atomic E-state index is 12.5. The summed E-state index contributed by atoms with van der Waals surface area (Å²) in [5.74, 6) is -2.47. The number of nitrogens with two attached hydrogens (primary N) is 1. The molecule has 0 aliphatic rings. The van der Waals surface area contributed by atoms with Crippen molar-refractivity contribution >= 4 is 35.3 Å². The van der Waals surface area contributed by atoms with E-state index in [1.165, 1.54) is 12.1 Å². The standard InChI is InChI=1S/C48H80N4O13/c1-3-4-14-25-51-45(55)37-64-34-32-62-30-27-52-46(56)44(49)18-13-10-12-17-42(54)36-63-33-31-61-29-26-50-38(2)19-20-40(48(59)60)35-41(53)16-11-8-6-5-7-9-15-28-65-43-23-21-39(22-24-43)47(57)58/h21-24,40,44,50H,2-20,25-37,49H2,1H3,(H,51,55)(H,52,56)(H,57,58)(H,59,60)/t40-,44+/m1/s1. The number of allylic oxidation sites excluding steroid dienone is 1. The number of carbonyl (C=O) groups is 6. The van der Waals surface area contributed by atoms with E-state index < -0.39 is 23.9 Å². The largest absolute Gasteiger partial charge is 0.494 e. The second-order valence-corrected chi connectivity index (χ2v) is 16.2. The smallest absolute Gasteiger partial charge is 0.335 e. The van der Waals surface area contributed by atoms with Crippen molar-refractivity contribution in [2.45, 2.75) is 135 Å². The van der Waals surface area contributed by atoms with Crippen molar-refractivity contribution in [2.75, 3.05) is 79.1 Å². The molecule has 0 spiro atoms. The molecule has 0 aromatic heterocycles. The summed E-state index contributed by atoms with van der Waals surface area (Å²) in [5.41, 5.74) is 6.90. The van der Waals surface area contributed by atoms with Crippen LogP contribution in [-0.4, -0.2) is 131 Å². The summed E-state index contributed by atoms with van der Waals surface area (Å²) in [6.45, 7) is 9.98. The molecule has 0 fully saturated rings. The summed E-state index contributed by atoms with van der Waals surface area (Å²) in [7, 11) is 0. The van der Waals surface area contributed by atoms with Crippen LogP contribution in [0.5, 0.6) is 5.75 Å². The quantitative estimate of drug-likeness (QED) is 0.0425. The number of aromatic carboxylic acids is 1. The minimum absolute atomic E-state index is 0.00235. The Morgan fingerprint density at radius 3 is 1.83 bits per heavy atom. The van der Waals surface area contributed by atoms with E-state index in [0.717, 1.165) is 77.0 Å². The van der Waals surface area contributed by atoms with Crippen LogP contribution in [0.3, 0.4) is 0 Å². The van der Waals surface area contributed by atoms with Crippen LogP contribution in [0, 0.1) is 5.92 Å². The van der Waals surface area contributed by atoms with Gasteiger partial charge >= 0.3 is 11.9 Å². The fourth-order valence-corrected chi connectivity index (χ4v) is 6.51. The molecule has 0 radical (unpaired) electrons. The SMILES string of the molecule is C=C(CC[C@H](CC(=O)CCCCCCCCCOc1ccc(C(=O)O)cc1)C(=O)O)NCCOCCOCC(=O)CCCCC[C@H](N)C(=O)NCCOCCOCC(=O)NCCCCC. The molecule has 0 saturated heterocycles. The molecule has 0 aliphatic carbocycles. The van der Waals surface area contributed by atoms with Gasteiger partial charge in [0, 0.05) is 44.6 Å². The fraction of sp³-hybridized carbons (Fsp3) is 0.708.